The number of nitrogens with one attached hydrogen (secondary N) is 1. The molecule has 0 spiro atoms. The van der Waals surface area contributed by atoms with Gasteiger partial charge in [0, 0.05) is 6.04 Å². The van der Waals surface area contributed by atoms with E-state index in [-0.39, 0.29) is 0 Å². The summed E-state index contributed by atoms with van der Waals surface area (Å²) in [4.78, 5) is 0. The SMILES string of the molecule is CCC(C)CC(NC)c1ccc(OC)c(Cl)c1. The zero-order valence-electron chi connectivity index (χ0n) is 11.1. The Morgan fingerprint density at radius 3 is 2.59 bits per heavy atom. The van der Waals surface area contributed by atoms with Gasteiger partial charge in [-0.3, -0.25) is 0 Å². The van der Waals surface area contributed by atoms with Crippen molar-refractivity contribution < 1.29 is 4.74 Å². The van der Waals surface area contributed by atoms with E-state index >= 15 is 0 Å². The van der Waals surface area contributed by atoms with E-state index in [2.05, 4.69) is 25.2 Å². The van der Waals surface area contributed by atoms with Crippen molar-refractivity contribution in [2.24, 2.45) is 5.92 Å². The van der Waals surface area contributed by atoms with Gasteiger partial charge in [-0.25, -0.2) is 0 Å². The smallest absolute Gasteiger partial charge is 0.137 e. The average molecular weight is 256 g/mol. The van der Waals surface area contributed by atoms with Gasteiger partial charge in [-0.15, -0.1) is 0 Å². The molecule has 0 aliphatic heterocycles. The Morgan fingerprint density at radius 2 is 2.12 bits per heavy atom. The van der Waals surface area contributed by atoms with Crippen molar-refractivity contribution in [3.05, 3.63) is 28.8 Å². The van der Waals surface area contributed by atoms with E-state index in [4.69, 9.17) is 16.3 Å². The number of hydrogen-bond acceptors (Lipinski definition) is 2. The summed E-state index contributed by atoms with van der Waals surface area (Å²) in [6, 6.07) is 6.35. The lowest BCUT2D eigenvalue weighted by atomic mass is 9.94. The highest BCUT2D eigenvalue weighted by atomic mass is 35.5. The first-order valence-electron chi connectivity index (χ1n) is 6.13. The van der Waals surface area contributed by atoms with E-state index in [0.29, 0.717) is 17.0 Å². The summed E-state index contributed by atoms with van der Waals surface area (Å²) < 4.78 is 5.16. The second-order valence-corrected chi connectivity index (χ2v) is 4.89. The fourth-order valence-electron chi connectivity index (χ4n) is 1.89. The van der Waals surface area contributed by atoms with Crippen LogP contribution in [-0.4, -0.2) is 14.2 Å². The van der Waals surface area contributed by atoms with Crippen LogP contribution in [0.4, 0.5) is 0 Å². The Hall–Kier alpha value is -0.730. The molecule has 0 fully saturated rings. The Labute approximate surface area is 109 Å². The van der Waals surface area contributed by atoms with E-state index in [9.17, 15) is 0 Å². The van der Waals surface area contributed by atoms with Gasteiger partial charge in [0.05, 0.1) is 12.1 Å². The lowest BCUT2D eigenvalue weighted by Gasteiger charge is -2.20. The predicted octanol–water partition coefficient (Wildman–Crippen LogP) is 4.05. The molecule has 0 radical (unpaired) electrons. The predicted molar refractivity (Wildman–Crippen MR) is 73.9 cm³/mol. The van der Waals surface area contributed by atoms with Crippen molar-refractivity contribution in [2.45, 2.75) is 32.7 Å². The number of halogens is 1. The fourth-order valence-corrected chi connectivity index (χ4v) is 2.16. The van der Waals surface area contributed by atoms with Crippen LogP contribution >= 0.6 is 11.6 Å². The third-order valence-corrected chi connectivity index (χ3v) is 3.56. The second kappa shape index (κ2) is 6.87. The maximum Gasteiger partial charge on any atom is 0.137 e. The minimum Gasteiger partial charge on any atom is -0.495 e. The van der Waals surface area contributed by atoms with Gasteiger partial charge < -0.3 is 10.1 Å². The van der Waals surface area contributed by atoms with E-state index in [1.807, 2.05) is 19.2 Å². The van der Waals surface area contributed by atoms with Crippen molar-refractivity contribution in [3.8, 4) is 5.75 Å². The molecule has 0 saturated heterocycles. The monoisotopic (exact) mass is 255 g/mol. The summed E-state index contributed by atoms with van der Waals surface area (Å²) in [5.41, 5.74) is 1.22. The summed E-state index contributed by atoms with van der Waals surface area (Å²) in [5, 5.41) is 4.02. The van der Waals surface area contributed by atoms with Crippen LogP contribution in [0.5, 0.6) is 5.75 Å². The molecule has 0 aliphatic carbocycles. The summed E-state index contributed by atoms with van der Waals surface area (Å²) >= 11 is 6.15. The molecule has 2 unspecified atom stereocenters. The highest BCUT2D eigenvalue weighted by molar-refractivity contribution is 6.32. The van der Waals surface area contributed by atoms with Crippen molar-refractivity contribution in [1.82, 2.24) is 5.32 Å². The first kappa shape index (κ1) is 14.3. The molecule has 0 aromatic heterocycles. The third-order valence-electron chi connectivity index (χ3n) is 3.26. The van der Waals surface area contributed by atoms with Crippen LogP contribution in [-0.2, 0) is 0 Å². The zero-order chi connectivity index (χ0) is 12.8. The van der Waals surface area contributed by atoms with Crippen LogP contribution in [0.25, 0.3) is 0 Å². The molecule has 1 aromatic carbocycles. The van der Waals surface area contributed by atoms with Crippen molar-refractivity contribution in [1.29, 1.82) is 0 Å². The molecule has 0 bridgehead atoms. The minimum absolute atomic E-state index is 0.355. The van der Waals surface area contributed by atoms with Gasteiger partial charge in [-0.05, 0) is 37.1 Å². The fraction of sp³-hybridized carbons (Fsp3) is 0.571. The molecule has 1 aromatic rings. The van der Waals surface area contributed by atoms with Crippen LogP contribution in [0.2, 0.25) is 5.02 Å². The van der Waals surface area contributed by atoms with E-state index < -0.39 is 0 Å². The molecule has 2 atom stereocenters. The molecule has 0 heterocycles. The normalized spacial score (nSPS) is 14.4. The summed E-state index contributed by atoms with van der Waals surface area (Å²) in [6.45, 7) is 4.49. The van der Waals surface area contributed by atoms with E-state index in [1.54, 1.807) is 7.11 Å². The maximum atomic E-state index is 6.15. The molecule has 1 rings (SSSR count). The van der Waals surface area contributed by atoms with E-state index in [0.717, 1.165) is 12.2 Å². The molecule has 3 heteroatoms. The Kier molecular flexibility index (Phi) is 5.79. The molecular formula is C14H22ClNO. The van der Waals surface area contributed by atoms with Gasteiger partial charge in [0.25, 0.3) is 0 Å². The lowest BCUT2D eigenvalue weighted by Crippen LogP contribution is -2.18. The van der Waals surface area contributed by atoms with E-state index in [1.165, 1.54) is 12.0 Å². The van der Waals surface area contributed by atoms with Crippen molar-refractivity contribution in [2.75, 3.05) is 14.2 Å². The van der Waals surface area contributed by atoms with Crippen molar-refractivity contribution >= 4 is 11.6 Å². The van der Waals surface area contributed by atoms with Crippen LogP contribution < -0.4 is 10.1 Å². The van der Waals surface area contributed by atoms with Crippen LogP contribution in [0, 0.1) is 5.92 Å². The Bertz CT molecular complexity index is 354. The number of benzene rings is 1. The molecule has 0 saturated carbocycles. The molecule has 2 nitrogen and oxygen atoms in total. The van der Waals surface area contributed by atoms with Gasteiger partial charge in [-0.1, -0.05) is 37.9 Å². The molecule has 17 heavy (non-hydrogen) atoms. The largest absolute Gasteiger partial charge is 0.495 e. The van der Waals surface area contributed by atoms with Crippen molar-refractivity contribution in [3.63, 3.8) is 0 Å². The standard InChI is InChI=1S/C14H22ClNO/c1-5-10(2)8-13(16-3)11-6-7-14(17-4)12(15)9-11/h6-7,9-10,13,16H,5,8H2,1-4H3. The van der Waals surface area contributed by atoms with Crippen LogP contribution in [0.15, 0.2) is 18.2 Å². The lowest BCUT2D eigenvalue weighted by molar-refractivity contribution is 0.411. The Balaban J connectivity index is 2.85. The van der Waals surface area contributed by atoms with Gasteiger partial charge in [0.15, 0.2) is 0 Å². The molecule has 0 amide bonds. The Morgan fingerprint density at radius 1 is 1.41 bits per heavy atom. The number of rotatable bonds is 6. The van der Waals surface area contributed by atoms with Gasteiger partial charge in [-0.2, -0.15) is 0 Å². The number of hydrogen-bond donors (Lipinski definition) is 1. The highest BCUT2D eigenvalue weighted by Crippen LogP contribution is 2.30. The zero-order valence-corrected chi connectivity index (χ0v) is 11.8. The average Bonchev–Trinajstić information content (AvgIpc) is 2.35. The highest BCUT2D eigenvalue weighted by Gasteiger charge is 2.14. The van der Waals surface area contributed by atoms with Gasteiger partial charge >= 0.3 is 0 Å². The summed E-state index contributed by atoms with van der Waals surface area (Å²) in [5.74, 6) is 1.43. The first-order chi connectivity index (χ1) is 8.12. The molecule has 96 valence electrons. The minimum atomic E-state index is 0.355. The molecular weight excluding hydrogens is 234 g/mol. The first-order valence-corrected chi connectivity index (χ1v) is 6.50. The molecule has 0 aliphatic rings. The van der Waals surface area contributed by atoms with Gasteiger partial charge in [0.1, 0.15) is 5.75 Å². The number of ether oxygens (including phenoxy) is 1. The third kappa shape index (κ3) is 3.90. The topological polar surface area (TPSA) is 21.3 Å². The van der Waals surface area contributed by atoms with Crippen LogP contribution in [0.3, 0.4) is 0 Å². The number of methoxy groups -OCH3 is 1. The maximum absolute atomic E-state index is 6.15. The molecule has 1 N–H and O–H groups in total. The van der Waals surface area contributed by atoms with Crippen LogP contribution in [0.1, 0.15) is 38.3 Å². The quantitative estimate of drug-likeness (QED) is 0.828. The van der Waals surface area contributed by atoms with Gasteiger partial charge in [0.2, 0.25) is 0 Å². The summed E-state index contributed by atoms with van der Waals surface area (Å²) in [6.07, 6.45) is 2.32. The summed E-state index contributed by atoms with van der Waals surface area (Å²) in [7, 11) is 3.63. The second-order valence-electron chi connectivity index (χ2n) is 4.48.